The third-order valence-corrected chi connectivity index (χ3v) is 5.68. The van der Waals surface area contributed by atoms with Crippen LogP contribution in [0.3, 0.4) is 0 Å². The fourth-order valence-electron chi connectivity index (χ4n) is 3.50. The lowest BCUT2D eigenvalue weighted by molar-refractivity contribution is 0.292. The fourth-order valence-corrected chi connectivity index (χ4v) is 4.24. The van der Waals surface area contributed by atoms with E-state index in [1.807, 2.05) is 18.2 Å². The predicted octanol–water partition coefficient (Wildman–Crippen LogP) is 5.55. The zero-order chi connectivity index (χ0) is 20.5. The van der Waals surface area contributed by atoms with Crippen molar-refractivity contribution in [2.24, 2.45) is 0 Å². The highest BCUT2D eigenvalue weighted by molar-refractivity contribution is 9.10. The minimum Gasteiger partial charge on any atom is -0.493 e. The molecular formula is C22H20BrClN2O3. The highest BCUT2D eigenvalue weighted by atomic mass is 79.9. The van der Waals surface area contributed by atoms with Gasteiger partial charge in [-0.3, -0.25) is 9.36 Å². The van der Waals surface area contributed by atoms with Gasteiger partial charge in [0.15, 0.2) is 11.5 Å². The normalized spacial score (nSPS) is 14.4. The molecule has 0 atom stereocenters. The summed E-state index contributed by atoms with van der Waals surface area (Å²) < 4.78 is 13.9. The number of aromatic nitrogens is 2. The van der Waals surface area contributed by atoms with Crippen molar-refractivity contribution < 1.29 is 9.47 Å². The highest BCUT2D eigenvalue weighted by Crippen LogP contribution is 2.38. The first-order valence-electron chi connectivity index (χ1n) is 9.43. The lowest BCUT2D eigenvalue weighted by atomic mass is 10.1. The first kappa shape index (κ1) is 20.0. The number of benzene rings is 2. The molecule has 0 N–H and O–H groups in total. The molecule has 0 saturated carbocycles. The van der Waals surface area contributed by atoms with E-state index in [0.29, 0.717) is 46.4 Å². The predicted molar refractivity (Wildman–Crippen MR) is 120 cm³/mol. The topological polar surface area (TPSA) is 53.4 Å². The standard InChI is InChI=1S/C22H20BrClN2O3/c1-3-8-29-20-17(23)10-13(11-19(20)28-2)9-14-6-7-26-21(14)25-18-12-15(24)4-5-16(18)22(26)27/h4-5,9-12H,3,6-8H2,1-2H3/b14-9+. The Bertz CT molecular complexity index is 1190. The maximum absolute atomic E-state index is 12.8. The van der Waals surface area contributed by atoms with E-state index in [9.17, 15) is 4.79 Å². The molecule has 1 aromatic heterocycles. The SMILES string of the molecule is CCCOc1c(Br)cc(/C=C2\CCn3c2nc2cc(Cl)ccc2c3=O)cc1OC. The van der Waals surface area contributed by atoms with Crippen LogP contribution in [-0.4, -0.2) is 23.3 Å². The molecule has 3 aromatic rings. The first-order chi connectivity index (χ1) is 14.0. The summed E-state index contributed by atoms with van der Waals surface area (Å²) in [6.07, 6.45) is 3.69. The Kier molecular flexibility index (Phi) is 5.65. The highest BCUT2D eigenvalue weighted by Gasteiger charge is 2.21. The summed E-state index contributed by atoms with van der Waals surface area (Å²) in [4.78, 5) is 17.6. The molecule has 4 rings (SSSR count). The largest absolute Gasteiger partial charge is 0.493 e. The van der Waals surface area contributed by atoms with Crippen molar-refractivity contribution in [3.05, 3.63) is 61.6 Å². The van der Waals surface area contributed by atoms with Gasteiger partial charge in [-0.15, -0.1) is 0 Å². The molecule has 1 aliphatic rings. The van der Waals surface area contributed by atoms with Crippen LogP contribution in [0.25, 0.3) is 22.6 Å². The second kappa shape index (κ2) is 8.20. The van der Waals surface area contributed by atoms with Crippen LogP contribution in [0.1, 0.15) is 31.2 Å². The van der Waals surface area contributed by atoms with Gasteiger partial charge >= 0.3 is 0 Å². The number of rotatable bonds is 5. The summed E-state index contributed by atoms with van der Waals surface area (Å²) in [6.45, 7) is 3.29. The van der Waals surface area contributed by atoms with E-state index < -0.39 is 0 Å². The minimum atomic E-state index is -0.0351. The number of fused-ring (bicyclic) bond motifs is 2. The molecule has 5 nitrogen and oxygen atoms in total. The van der Waals surface area contributed by atoms with Gasteiger partial charge in [-0.25, -0.2) is 4.98 Å². The van der Waals surface area contributed by atoms with Gasteiger partial charge in [0.2, 0.25) is 0 Å². The molecule has 0 aliphatic carbocycles. The van der Waals surface area contributed by atoms with Crippen LogP contribution in [0.5, 0.6) is 11.5 Å². The van der Waals surface area contributed by atoms with Gasteiger partial charge in [-0.1, -0.05) is 18.5 Å². The van der Waals surface area contributed by atoms with Crippen LogP contribution in [0.2, 0.25) is 5.02 Å². The second-order valence-corrected chi connectivity index (χ2v) is 8.15. The Morgan fingerprint density at radius 1 is 1.31 bits per heavy atom. The summed E-state index contributed by atoms with van der Waals surface area (Å²) in [5, 5.41) is 1.15. The molecule has 29 heavy (non-hydrogen) atoms. The van der Waals surface area contributed by atoms with Crippen LogP contribution in [0, 0.1) is 0 Å². The van der Waals surface area contributed by atoms with E-state index in [-0.39, 0.29) is 5.56 Å². The molecule has 1 aliphatic heterocycles. The van der Waals surface area contributed by atoms with Crippen molar-refractivity contribution in [2.45, 2.75) is 26.3 Å². The van der Waals surface area contributed by atoms with Gasteiger partial charge < -0.3 is 9.47 Å². The van der Waals surface area contributed by atoms with Crippen LogP contribution in [-0.2, 0) is 6.54 Å². The van der Waals surface area contributed by atoms with Crippen LogP contribution in [0.15, 0.2) is 39.6 Å². The van der Waals surface area contributed by atoms with Crippen molar-refractivity contribution in [3.8, 4) is 11.5 Å². The molecular weight excluding hydrogens is 456 g/mol. The van der Waals surface area contributed by atoms with E-state index >= 15 is 0 Å². The third kappa shape index (κ3) is 3.79. The van der Waals surface area contributed by atoms with Crippen LogP contribution < -0.4 is 15.0 Å². The third-order valence-electron chi connectivity index (χ3n) is 4.85. The molecule has 0 fully saturated rings. The van der Waals surface area contributed by atoms with Gasteiger partial charge in [0, 0.05) is 11.6 Å². The summed E-state index contributed by atoms with van der Waals surface area (Å²) in [5.74, 6) is 2.04. The van der Waals surface area contributed by atoms with Crippen molar-refractivity contribution in [1.29, 1.82) is 0 Å². The van der Waals surface area contributed by atoms with Gasteiger partial charge in [0.1, 0.15) is 5.82 Å². The molecule has 7 heteroatoms. The van der Waals surface area contributed by atoms with Crippen LogP contribution in [0.4, 0.5) is 0 Å². The quantitative estimate of drug-likeness (QED) is 0.485. The van der Waals surface area contributed by atoms with E-state index in [2.05, 4.69) is 22.9 Å². The van der Waals surface area contributed by atoms with E-state index in [1.54, 1.807) is 29.9 Å². The van der Waals surface area contributed by atoms with E-state index in [0.717, 1.165) is 28.5 Å². The minimum absolute atomic E-state index is 0.0351. The number of ether oxygens (including phenoxy) is 2. The molecule has 2 aromatic carbocycles. The maximum Gasteiger partial charge on any atom is 0.261 e. The van der Waals surface area contributed by atoms with Gasteiger partial charge in [-0.2, -0.15) is 0 Å². The van der Waals surface area contributed by atoms with Crippen molar-refractivity contribution in [1.82, 2.24) is 9.55 Å². The molecule has 0 unspecified atom stereocenters. The fraction of sp³-hybridized carbons (Fsp3) is 0.273. The maximum atomic E-state index is 12.8. The molecule has 0 spiro atoms. The zero-order valence-corrected chi connectivity index (χ0v) is 18.5. The second-order valence-electron chi connectivity index (χ2n) is 6.86. The first-order valence-corrected chi connectivity index (χ1v) is 10.6. The zero-order valence-electron chi connectivity index (χ0n) is 16.2. The lowest BCUT2D eigenvalue weighted by Crippen LogP contribution is -2.20. The number of hydrogen-bond donors (Lipinski definition) is 0. The summed E-state index contributed by atoms with van der Waals surface area (Å²) in [7, 11) is 1.62. The Morgan fingerprint density at radius 2 is 2.14 bits per heavy atom. The molecule has 0 radical (unpaired) electrons. The summed E-state index contributed by atoms with van der Waals surface area (Å²) >= 11 is 9.68. The van der Waals surface area contributed by atoms with Crippen LogP contribution >= 0.6 is 27.5 Å². The Hall–Kier alpha value is -2.31. The van der Waals surface area contributed by atoms with E-state index in [4.69, 9.17) is 26.1 Å². The number of halogens is 2. The average molecular weight is 476 g/mol. The Balaban J connectivity index is 1.79. The number of nitrogens with zero attached hydrogens (tertiary/aromatic N) is 2. The van der Waals surface area contributed by atoms with Crippen molar-refractivity contribution in [2.75, 3.05) is 13.7 Å². The van der Waals surface area contributed by atoms with Gasteiger partial charge in [-0.05, 0) is 76.3 Å². The van der Waals surface area contributed by atoms with Crippen molar-refractivity contribution >= 4 is 50.1 Å². The van der Waals surface area contributed by atoms with Gasteiger partial charge in [0.05, 0.1) is 29.1 Å². The van der Waals surface area contributed by atoms with E-state index in [1.165, 1.54) is 0 Å². The monoisotopic (exact) mass is 474 g/mol. The number of allylic oxidation sites excluding steroid dienone is 1. The molecule has 0 bridgehead atoms. The van der Waals surface area contributed by atoms with Gasteiger partial charge in [0.25, 0.3) is 5.56 Å². The smallest absolute Gasteiger partial charge is 0.261 e. The Morgan fingerprint density at radius 3 is 2.90 bits per heavy atom. The number of hydrogen-bond acceptors (Lipinski definition) is 4. The lowest BCUT2D eigenvalue weighted by Gasteiger charge is -2.13. The summed E-state index contributed by atoms with van der Waals surface area (Å²) in [6, 6.07) is 9.10. The average Bonchev–Trinajstić information content (AvgIpc) is 3.09. The summed E-state index contributed by atoms with van der Waals surface area (Å²) in [5.41, 5.74) is 2.53. The van der Waals surface area contributed by atoms with Crippen molar-refractivity contribution in [3.63, 3.8) is 0 Å². The molecule has 150 valence electrons. The molecule has 0 amide bonds. The Labute approximate surface area is 182 Å². The molecule has 2 heterocycles. The molecule has 0 saturated heterocycles. The number of methoxy groups -OCH3 is 1.